The smallest absolute Gasteiger partial charge is 0.127 e. The molecule has 106 valence electrons. The molecule has 2 unspecified atom stereocenters. The molecule has 0 radical (unpaired) electrons. The maximum Gasteiger partial charge on any atom is 0.127 e. The number of ether oxygens (including phenoxy) is 1. The molecule has 0 saturated carbocycles. The predicted molar refractivity (Wildman–Crippen MR) is 77.7 cm³/mol. The third kappa shape index (κ3) is 3.63. The van der Waals surface area contributed by atoms with Crippen molar-refractivity contribution in [3.05, 3.63) is 23.8 Å². The van der Waals surface area contributed by atoms with Gasteiger partial charge < -0.3 is 15.2 Å². The first-order chi connectivity index (χ1) is 9.24. The average Bonchev–Trinajstić information content (AvgIpc) is 2.78. The zero-order valence-electron chi connectivity index (χ0n) is 12.0. The Morgan fingerprint density at radius 1 is 1.32 bits per heavy atom. The molecule has 2 N–H and O–H groups in total. The number of unbranched alkanes of at least 4 members (excludes halogenated alkanes) is 1. The Morgan fingerprint density at radius 3 is 2.89 bits per heavy atom. The van der Waals surface area contributed by atoms with Crippen LogP contribution in [0.25, 0.3) is 0 Å². The van der Waals surface area contributed by atoms with Crippen molar-refractivity contribution in [2.24, 2.45) is 0 Å². The highest BCUT2D eigenvalue weighted by Crippen LogP contribution is 2.35. The van der Waals surface area contributed by atoms with Crippen LogP contribution in [0.2, 0.25) is 0 Å². The van der Waals surface area contributed by atoms with Gasteiger partial charge in [-0.3, -0.25) is 0 Å². The fourth-order valence-corrected chi connectivity index (χ4v) is 2.73. The van der Waals surface area contributed by atoms with Gasteiger partial charge >= 0.3 is 0 Å². The molecule has 0 amide bonds. The number of aromatic hydroxyl groups is 1. The lowest BCUT2D eigenvalue weighted by molar-refractivity contribution is 0.286. The summed E-state index contributed by atoms with van der Waals surface area (Å²) in [6.45, 7) is 5.14. The second kappa shape index (κ2) is 6.80. The molecule has 1 aliphatic heterocycles. The number of rotatable bonds is 7. The lowest BCUT2D eigenvalue weighted by atomic mass is 10.0. The molecule has 19 heavy (non-hydrogen) atoms. The van der Waals surface area contributed by atoms with Crippen LogP contribution in [0.4, 0.5) is 0 Å². The molecule has 0 fully saturated rings. The first kappa shape index (κ1) is 14.2. The molecule has 0 saturated heterocycles. The normalized spacial score (nSPS) is 18.9. The van der Waals surface area contributed by atoms with E-state index in [1.165, 1.54) is 37.7 Å². The van der Waals surface area contributed by atoms with E-state index in [0.29, 0.717) is 12.6 Å². The van der Waals surface area contributed by atoms with Crippen LogP contribution in [0.1, 0.15) is 57.6 Å². The summed E-state index contributed by atoms with van der Waals surface area (Å²) in [5.74, 6) is 1.10. The van der Waals surface area contributed by atoms with E-state index >= 15 is 0 Å². The van der Waals surface area contributed by atoms with Gasteiger partial charge in [0.25, 0.3) is 0 Å². The first-order valence-electron chi connectivity index (χ1n) is 7.46. The molecule has 0 spiro atoms. The summed E-state index contributed by atoms with van der Waals surface area (Å²) in [6.07, 6.45) is 6.16. The number of phenolic OH excluding ortho intramolecular Hbond substituents is 1. The topological polar surface area (TPSA) is 41.5 Å². The Morgan fingerprint density at radius 2 is 2.16 bits per heavy atom. The van der Waals surface area contributed by atoms with Crippen LogP contribution in [-0.4, -0.2) is 17.8 Å². The van der Waals surface area contributed by atoms with Gasteiger partial charge in [-0.2, -0.15) is 0 Å². The standard InChI is InChI=1S/C16H25NO2/c1-3-5-7-12(6-4-2)17-15-11-19-16-10-13(18)8-9-14(15)16/h8-10,12,15,17-18H,3-7,11H2,1-2H3. The second-order valence-electron chi connectivity index (χ2n) is 5.38. The third-order valence-electron chi connectivity index (χ3n) is 3.76. The van der Waals surface area contributed by atoms with Gasteiger partial charge in [-0.25, -0.2) is 0 Å². The molecule has 3 nitrogen and oxygen atoms in total. The van der Waals surface area contributed by atoms with Crippen molar-refractivity contribution in [3.8, 4) is 11.5 Å². The summed E-state index contributed by atoms with van der Waals surface area (Å²) >= 11 is 0. The summed E-state index contributed by atoms with van der Waals surface area (Å²) in [5, 5.41) is 13.2. The van der Waals surface area contributed by atoms with E-state index in [-0.39, 0.29) is 11.8 Å². The van der Waals surface area contributed by atoms with Gasteiger partial charge in [0.15, 0.2) is 0 Å². The summed E-state index contributed by atoms with van der Waals surface area (Å²) in [4.78, 5) is 0. The van der Waals surface area contributed by atoms with Crippen molar-refractivity contribution in [3.63, 3.8) is 0 Å². The largest absolute Gasteiger partial charge is 0.508 e. The van der Waals surface area contributed by atoms with Gasteiger partial charge in [-0.05, 0) is 25.0 Å². The molecule has 0 bridgehead atoms. The van der Waals surface area contributed by atoms with E-state index in [9.17, 15) is 5.11 Å². The molecule has 1 aliphatic rings. The van der Waals surface area contributed by atoms with Crippen LogP contribution in [0.15, 0.2) is 18.2 Å². The fraction of sp³-hybridized carbons (Fsp3) is 0.625. The zero-order chi connectivity index (χ0) is 13.7. The number of hydrogen-bond acceptors (Lipinski definition) is 3. The van der Waals surface area contributed by atoms with Crippen LogP contribution in [0.3, 0.4) is 0 Å². The Bertz CT molecular complexity index is 406. The van der Waals surface area contributed by atoms with E-state index in [1.54, 1.807) is 12.1 Å². The van der Waals surface area contributed by atoms with Gasteiger partial charge in [0.2, 0.25) is 0 Å². The predicted octanol–water partition coefficient (Wildman–Crippen LogP) is 3.77. The van der Waals surface area contributed by atoms with E-state index in [4.69, 9.17) is 4.74 Å². The quantitative estimate of drug-likeness (QED) is 0.786. The van der Waals surface area contributed by atoms with Crippen molar-refractivity contribution < 1.29 is 9.84 Å². The number of nitrogens with one attached hydrogen (secondary N) is 1. The summed E-state index contributed by atoms with van der Waals surface area (Å²) < 4.78 is 5.65. The van der Waals surface area contributed by atoms with E-state index < -0.39 is 0 Å². The minimum Gasteiger partial charge on any atom is -0.508 e. The Labute approximate surface area is 116 Å². The van der Waals surface area contributed by atoms with E-state index in [0.717, 1.165) is 5.75 Å². The number of hydrogen-bond donors (Lipinski definition) is 2. The fourth-order valence-electron chi connectivity index (χ4n) is 2.73. The summed E-state index contributed by atoms with van der Waals surface area (Å²) in [5.41, 5.74) is 1.18. The molecular weight excluding hydrogens is 238 g/mol. The third-order valence-corrected chi connectivity index (χ3v) is 3.76. The first-order valence-corrected chi connectivity index (χ1v) is 7.46. The molecule has 1 aromatic carbocycles. The maximum atomic E-state index is 9.46. The zero-order valence-corrected chi connectivity index (χ0v) is 12.0. The lowest BCUT2D eigenvalue weighted by Gasteiger charge is -2.22. The van der Waals surface area contributed by atoms with Gasteiger partial charge in [0.05, 0.1) is 6.04 Å². The molecule has 3 heteroatoms. The highest BCUT2D eigenvalue weighted by Gasteiger charge is 2.26. The molecule has 0 aliphatic carbocycles. The number of benzene rings is 1. The van der Waals surface area contributed by atoms with Crippen LogP contribution < -0.4 is 10.1 Å². The molecule has 0 aromatic heterocycles. The lowest BCUT2D eigenvalue weighted by Crippen LogP contribution is -2.33. The Kier molecular flexibility index (Phi) is 5.08. The highest BCUT2D eigenvalue weighted by atomic mass is 16.5. The molecular formula is C16H25NO2. The van der Waals surface area contributed by atoms with Crippen LogP contribution in [-0.2, 0) is 0 Å². The number of fused-ring (bicyclic) bond motifs is 1. The van der Waals surface area contributed by atoms with Crippen molar-refractivity contribution in [1.29, 1.82) is 0 Å². The van der Waals surface area contributed by atoms with Crippen molar-refractivity contribution in [2.75, 3.05) is 6.61 Å². The molecule has 1 aromatic rings. The van der Waals surface area contributed by atoms with Crippen LogP contribution >= 0.6 is 0 Å². The van der Waals surface area contributed by atoms with Crippen LogP contribution in [0.5, 0.6) is 11.5 Å². The average molecular weight is 263 g/mol. The molecule has 2 rings (SSSR count). The van der Waals surface area contributed by atoms with E-state index in [1.807, 2.05) is 6.07 Å². The Balaban J connectivity index is 1.99. The SMILES string of the molecule is CCCCC(CCC)NC1COc2cc(O)ccc21. The highest BCUT2D eigenvalue weighted by molar-refractivity contribution is 5.44. The van der Waals surface area contributed by atoms with Crippen molar-refractivity contribution >= 4 is 0 Å². The monoisotopic (exact) mass is 263 g/mol. The van der Waals surface area contributed by atoms with Gasteiger partial charge in [0.1, 0.15) is 18.1 Å². The second-order valence-corrected chi connectivity index (χ2v) is 5.38. The Hall–Kier alpha value is -1.22. The molecule has 2 atom stereocenters. The summed E-state index contributed by atoms with van der Waals surface area (Å²) in [6, 6.07) is 6.25. The number of phenols is 1. The molecule has 1 heterocycles. The van der Waals surface area contributed by atoms with E-state index in [2.05, 4.69) is 19.2 Å². The summed E-state index contributed by atoms with van der Waals surface area (Å²) in [7, 11) is 0. The minimum absolute atomic E-state index is 0.268. The van der Waals surface area contributed by atoms with Gasteiger partial charge in [-0.1, -0.05) is 33.1 Å². The van der Waals surface area contributed by atoms with Gasteiger partial charge in [0, 0.05) is 17.7 Å². The minimum atomic E-state index is 0.268. The van der Waals surface area contributed by atoms with Gasteiger partial charge in [-0.15, -0.1) is 0 Å². The van der Waals surface area contributed by atoms with Crippen molar-refractivity contribution in [2.45, 2.75) is 58.0 Å². The van der Waals surface area contributed by atoms with Crippen LogP contribution in [0, 0.1) is 0 Å². The maximum absolute atomic E-state index is 9.46. The van der Waals surface area contributed by atoms with Crippen molar-refractivity contribution in [1.82, 2.24) is 5.32 Å².